The van der Waals surface area contributed by atoms with Crippen molar-refractivity contribution in [1.82, 2.24) is 4.98 Å². The van der Waals surface area contributed by atoms with E-state index in [1.54, 1.807) is 6.92 Å². The van der Waals surface area contributed by atoms with Crippen molar-refractivity contribution in [2.24, 2.45) is 0 Å². The molecule has 0 saturated carbocycles. The number of carbonyl (C=O) groups is 2. The highest BCUT2D eigenvalue weighted by atomic mass is 32.1. The molecule has 0 aliphatic heterocycles. The average molecular weight is 401 g/mol. The van der Waals surface area contributed by atoms with Crippen LogP contribution in [0.5, 0.6) is 0 Å². The molecule has 3 rings (SSSR count). The molecule has 1 aromatic carbocycles. The predicted octanol–water partition coefficient (Wildman–Crippen LogP) is 4.55. The van der Waals surface area contributed by atoms with Gasteiger partial charge in [0.2, 0.25) is 0 Å². The zero-order chi connectivity index (χ0) is 19.2. The number of rotatable bonds is 7. The van der Waals surface area contributed by atoms with Gasteiger partial charge in [-0.15, -0.1) is 11.3 Å². The van der Waals surface area contributed by atoms with E-state index in [-0.39, 0.29) is 6.42 Å². The fraction of sp³-hybridized carbons (Fsp3) is 0.250. The van der Waals surface area contributed by atoms with Crippen LogP contribution in [0, 0.1) is 0 Å². The number of esters is 1. The van der Waals surface area contributed by atoms with Crippen LogP contribution in [-0.4, -0.2) is 23.0 Å². The molecule has 0 aliphatic carbocycles. The average Bonchev–Trinajstić information content (AvgIpc) is 3.33. The van der Waals surface area contributed by atoms with Crippen molar-refractivity contribution < 1.29 is 14.3 Å². The molecule has 0 bridgehead atoms. The van der Waals surface area contributed by atoms with Crippen LogP contribution < -0.4 is 5.32 Å². The smallest absolute Gasteiger partial charge is 0.311 e. The molecular weight excluding hydrogens is 380 g/mol. The summed E-state index contributed by atoms with van der Waals surface area (Å²) in [6, 6.07) is 10.0. The number of ether oxygens (including phenoxy) is 1. The lowest BCUT2D eigenvalue weighted by Crippen LogP contribution is -2.30. The van der Waals surface area contributed by atoms with Crippen LogP contribution in [0.25, 0.3) is 11.3 Å². The molecule has 2 aromatic heterocycles. The second-order valence-corrected chi connectivity index (χ2v) is 7.66. The monoisotopic (exact) mass is 400 g/mol. The van der Waals surface area contributed by atoms with Crippen LogP contribution in [0.1, 0.15) is 25.0 Å². The Morgan fingerprint density at radius 2 is 1.93 bits per heavy atom. The van der Waals surface area contributed by atoms with Crippen molar-refractivity contribution in [3.63, 3.8) is 0 Å². The van der Waals surface area contributed by atoms with Crippen molar-refractivity contribution in [3.8, 4) is 11.3 Å². The standard InChI is InChI=1S/C20H20N2O3S2/c1-3-14-4-6-16(7-5-14)17-12-27-20(21-17)22-19(24)13(2)25-18(23)10-15-8-9-26-11-15/h4-9,11-13H,3,10H2,1-2H3,(H,21,22,24)/t13-/m0/s1. The maximum absolute atomic E-state index is 12.3. The van der Waals surface area contributed by atoms with Gasteiger partial charge in [0.1, 0.15) is 0 Å². The van der Waals surface area contributed by atoms with Crippen molar-refractivity contribution >= 4 is 39.7 Å². The number of amides is 1. The summed E-state index contributed by atoms with van der Waals surface area (Å²) >= 11 is 2.86. The maximum atomic E-state index is 12.3. The van der Waals surface area contributed by atoms with E-state index < -0.39 is 18.0 Å². The van der Waals surface area contributed by atoms with Gasteiger partial charge in [-0.25, -0.2) is 4.98 Å². The predicted molar refractivity (Wildman–Crippen MR) is 109 cm³/mol. The Hall–Kier alpha value is -2.51. The fourth-order valence-corrected chi connectivity index (χ4v) is 3.83. The number of anilines is 1. The topological polar surface area (TPSA) is 68.3 Å². The molecular formula is C20H20N2O3S2. The minimum Gasteiger partial charge on any atom is -0.452 e. The third-order valence-corrected chi connectivity index (χ3v) is 5.49. The first-order valence-electron chi connectivity index (χ1n) is 8.61. The van der Waals surface area contributed by atoms with Crippen molar-refractivity contribution in [2.75, 3.05) is 5.32 Å². The third kappa shape index (κ3) is 5.24. The number of aryl methyl sites for hydroxylation is 1. The molecule has 2 heterocycles. The first kappa shape index (κ1) is 19.3. The van der Waals surface area contributed by atoms with Gasteiger partial charge in [0.25, 0.3) is 5.91 Å². The molecule has 0 spiro atoms. The van der Waals surface area contributed by atoms with Gasteiger partial charge >= 0.3 is 5.97 Å². The van der Waals surface area contributed by atoms with Crippen LogP contribution >= 0.6 is 22.7 Å². The first-order chi connectivity index (χ1) is 13.0. The Kier molecular flexibility index (Phi) is 6.36. The minimum atomic E-state index is -0.882. The van der Waals surface area contributed by atoms with Crippen LogP contribution in [-0.2, 0) is 27.2 Å². The number of hydrogen-bond donors (Lipinski definition) is 1. The van der Waals surface area contributed by atoms with Gasteiger partial charge in [0.15, 0.2) is 11.2 Å². The Morgan fingerprint density at radius 3 is 2.59 bits per heavy atom. The van der Waals surface area contributed by atoms with Gasteiger partial charge in [-0.1, -0.05) is 31.2 Å². The normalized spacial score (nSPS) is 11.8. The van der Waals surface area contributed by atoms with Crippen molar-refractivity contribution in [1.29, 1.82) is 0 Å². The second kappa shape index (κ2) is 8.92. The van der Waals surface area contributed by atoms with E-state index >= 15 is 0 Å². The molecule has 7 heteroatoms. The molecule has 0 fully saturated rings. The molecule has 27 heavy (non-hydrogen) atoms. The van der Waals surface area contributed by atoms with Crippen LogP contribution in [0.4, 0.5) is 5.13 Å². The van der Waals surface area contributed by atoms with Crippen molar-refractivity contribution in [3.05, 3.63) is 57.6 Å². The number of carbonyl (C=O) groups excluding carboxylic acids is 2. The summed E-state index contributed by atoms with van der Waals surface area (Å²) in [4.78, 5) is 28.6. The molecule has 0 aliphatic rings. The largest absolute Gasteiger partial charge is 0.452 e. The highest BCUT2D eigenvalue weighted by Crippen LogP contribution is 2.25. The molecule has 5 nitrogen and oxygen atoms in total. The Bertz CT molecular complexity index is 902. The zero-order valence-corrected chi connectivity index (χ0v) is 16.7. The van der Waals surface area contributed by atoms with Crippen LogP contribution in [0.3, 0.4) is 0 Å². The summed E-state index contributed by atoms with van der Waals surface area (Å²) in [5.74, 6) is -0.817. The van der Waals surface area contributed by atoms with E-state index in [4.69, 9.17) is 4.74 Å². The van der Waals surface area contributed by atoms with Gasteiger partial charge in [-0.2, -0.15) is 11.3 Å². The van der Waals surface area contributed by atoms with Gasteiger partial charge in [-0.3, -0.25) is 14.9 Å². The molecule has 140 valence electrons. The third-order valence-electron chi connectivity index (χ3n) is 4.00. The highest BCUT2D eigenvalue weighted by molar-refractivity contribution is 7.14. The van der Waals surface area contributed by atoms with Gasteiger partial charge in [0.05, 0.1) is 12.1 Å². The number of benzene rings is 1. The molecule has 0 saturated heterocycles. The molecule has 1 atom stereocenters. The minimum absolute atomic E-state index is 0.163. The summed E-state index contributed by atoms with van der Waals surface area (Å²) in [6.07, 6.45) is 0.269. The summed E-state index contributed by atoms with van der Waals surface area (Å²) < 4.78 is 5.21. The number of thiophene rings is 1. The zero-order valence-electron chi connectivity index (χ0n) is 15.1. The van der Waals surface area contributed by atoms with E-state index in [0.717, 1.165) is 23.2 Å². The lowest BCUT2D eigenvalue weighted by Gasteiger charge is -2.12. The Morgan fingerprint density at radius 1 is 1.15 bits per heavy atom. The van der Waals surface area contributed by atoms with E-state index in [1.165, 1.54) is 28.2 Å². The Balaban J connectivity index is 1.55. The number of aromatic nitrogens is 1. The second-order valence-electron chi connectivity index (χ2n) is 6.02. The number of thiazole rings is 1. The van der Waals surface area contributed by atoms with E-state index in [1.807, 2.05) is 34.3 Å². The quantitative estimate of drug-likeness (QED) is 0.591. The van der Waals surface area contributed by atoms with Crippen molar-refractivity contribution in [2.45, 2.75) is 32.8 Å². The molecule has 0 radical (unpaired) electrons. The summed E-state index contributed by atoms with van der Waals surface area (Å²) in [5, 5.41) is 8.87. The molecule has 3 aromatic rings. The molecule has 1 N–H and O–H groups in total. The number of nitrogens with zero attached hydrogens (tertiary/aromatic N) is 1. The highest BCUT2D eigenvalue weighted by Gasteiger charge is 2.19. The van der Waals surface area contributed by atoms with Gasteiger partial charge in [0, 0.05) is 10.9 Å². The fourth-order valence-electron chi connectivity index (χ4n) is 2.43. The SMILES string of the molecule is CCc1ccc(-c2csc(NC(=O)[C@H](C)OC(=O)Cc3ccsc3)n2)cc1. The molecule has 1 amide bonds. The van der Waals surface area contributed by atoms with Crippen LogP contribution in [0.15, 0.2) is 46.5 Å². The maximum Gasteiger partial charge on any atom is 0.311 e. The summed E-state index contributed by atoms with van der Waals surface area (Å²) in [5.41, 5.74) is 3.95. The Labute approximate surface area is 166 Å². The van der Waals surface area contributed by atoms with E-state index in [0.29, 0.717) is 5.13 Å². The lowest BCUT2D eigenvalue weighted by molar-refractivity contribution is -0.152. The van der Waals surface area contributed by atoms with Crippen LogP contribution in [0.2, 0.25) is 0 Å². The molecule has 0 unspecified atom stereocenters. The number of nitrogens with one attached hydrogen (secondary N) is 1. The summed E-state index contributed by atoms with van der Waals surface area (Å²) in [6.45, 7) is 3.67. The summed E-state index contributed by atoms with van der Waals surface area (Å²) in [7, 11) is 0. The first-order valence-corrected chi connectivity index (χ1v) is 10.4. The van der Waals surface area contributed by atoms with Gasteiger partial charge < -0.3 is 4.74 Å². The van der Waals surface area contributed by atoms with Gasteiger partial charge in [-0.05, 0) is 41.3 Å². The number of hydrogen-bond acceptors (Lipinski definition) is 6. The lowest BCUT2D eigenvalue weighted by atomic mass is 10.1. The van der Waals surface area contributed by atoms with E-state index in [2.05, 4.69) is 29.4 Å². The van der Waals surface area contributed by atoms with E-state index in [9.17, 15) is 9.59 Å².